The number of carbonyl (C=O) groups is 2. The van der Waals surface area contributed by atoms with Crippen LogP contribution in [-0.2, 0) is 4.79 Å². The molecule has 2 aromatic carbocycles. The molecule has 6 heteroatoms. The Morgan fingerprint density at radius 1 is 1.04 bits per heavy atom. The van der Waals surface area contributed by atoms with Gasteiger partial charge in [0.2, 0.25) is 5.91 Å². The summed E-state index contributed by atoms with van der Waals surface area (Å²) < 4.78 is 0. The number of carbonyl (C=O) groups excluding carboxylic acids is 2. The number of benzene rings is 2. The van der Waals surface area contributed by atoms with Crippen LogP contribution in [-0.4, -0.2) is 35.8 Å². The average Bonchev–Trinajstić information content (AvgIpc) is 2.68. The standard InChI is InChI=1S/C21H25N3O2.ClH/c1-15-7-9-17(10-8-15)21(26)24-13-11-18(12-14-24)23-20(25)19(22)16-5-3-2-4-6-16;/h2-10,18-19H,11-14,22H2,1H3,(H,23,25);1H. The maximum atomic E-state index is 12.6. The molecule has 0 aromatic heterocycles. The summed E-state index contributed by atoms with van der Waals surface area (Å²) in [6, 6.07) is 16.4. The van der Waals surface area contributed by atoms with Gasteiger partial charge in [0.05, 0.1) is 0 Å². The summed E-state index contributed by atoms with van der Waals surface area (Å²) in [6.07, 6.45) is 1.48. The molecule has 2 amide bonds. The highest BCUT2D eigenvalue weighted by Crippen LogP contribution is 2.16. The van der Waals surface area contributed by atoms with Crippen LogP contribution in [0.4, 0.5) is 0 Å². The van der Waals surface area contributed by atoms with Crippen LogP contribution in [0.1, 0.15) is 40.4 Å². The van der Waals surface area contributed by atoms with E-state index in [1.807, 2.05) is 66.4 Å². The van der Waals surface area contributed by atoms with Gasteiger partial charge in [-0.15, -0.1) is 12.4 Å². The quantitative estimate of drug-likeness (QED) is 0.847. The monoisotopic (exact) mass is 387 g/mol. The maximum Gasteiger partial charge on any atom is 0.253 e. The molecule has 144 valence electrons. The van der Waals surface area contributed by atoms with Crippen LogP contribution in [0.2, 0.25) is 0 Å². The fourth-order valence-electron chi connectivity index (χ4n) is 3.21. The summed E-state index contributed by atoms with van der Waals surface area (Å²) in [5.41, 5.74) is 8.69. The van der Waals surface area contributed by atoms with Crippen molar-refractivity contribution in [3.05, 3.63) is 71.3 Å². The van der Waals surface area contributed by atoms with Gasteiger partial charge in [-0.2, -0.15) is 0 Å². The lowest BCUT2D eigenvalue weighted by atomic mass is 10.0. The summed E-state index contributed by atoms with van der Waals surface area (Å²) in [5, 5.41) is 3.02. The number of aryl methyl sites for hydroxylation is 1. The van der Waals surface area contributed by atoms with Crippen LogP contribution < -0.4 is 11.1 Å². The third kappa shape index (κ3) is 5.31. The molecule has 0 spiro atoms. The van der Waals surface area contributed by atoms with Crippen LogP contribution in [0, 0.1) is 6.92 Å². The first-order valence-corrected chi connectivity index (χ1v) is 9.01. The Morgan fingerprint density at radius 2 is 1.63 bits per heavy atom. The van der Waals surface area contributed by atoms with Gasteiger partial charge in [-0.3, -0.25) is 9.59 Å². The number of rotatable bonds is 4. The van der Waals surface area contributed by atoms with E-state index in [0.717, 1.165) is 24.0 Å². The molecule has 27 heavy (non-hydrogen) atoms. The third-order valence-electron chi connectivity index (χ3n) is 4.87. The Morgan fingerprint density at radius 3 is 2.22 bits per heavy atom. The van der Waals surface area contributed by atoms with Crippen LogP contribution in [0.25, 0.3) is 0 Å². The number of likely N-dealkylation sites (tertiary alicyclic amines) is 1. The maximum absolute atomic E-state index is 12.6. The highest BCUT2D eigenvalue weighted by molar-refractivity contribution is 5.94. The summed E-state index contributed by atoms with van der Waals surface area (Å²) in [5.74, 6) is -0.115. The summed E-state index contributed by atoms with van der Waals surface area (Å²) in [7, 11) is 0. The molecule has 0 bridgehead atoms. The summed E-state index contributed by atoms with van der Waals surface area (Å²) in [6.45, 7) is 3.28. The van der Waals surface area contributed by atoms with Crippen molar-refractivity contribution >= 4 is 24.2 Å². The van der Waals surface area contributed by atoms with Gasteiger partial charge in [-0.05, 0) is 37.5 Å². The van der Waals surface area contributed by atoms with E-state index in [2.05, 4.69) is 5.32 Å². The van der Waals surface area contributed by atoms with Crippen molar-refractivity contribution in [3.8, 4) is 0 Å². The second-order valence-electron chi connectivity index (χ2n) is 6.83. The highest BCUT2D eigenvalue weighted by Gasteiger charge is 2.26. The van der Waals surface area contributed by atoms with Gasteiger partial charge >= 0.3 is 0 Å². The van der Waals surface area contributed by atoms with Crippen LogP contribution >= 0.6 is 12.4 Å². The van der Waals surface area contributed by atoms with Gasteiger partial charge in [0.25, 0.3) is 5.91 Å². The minimum atomic E-state index is -0.664. The molecule has 3 rings (SSSR count). The van der Waals surface area contributed by atoms with Crippen molar-refractivity contribution in [1.82, 2.24) is 10.2 Å². The van der Waals surface area contributed by atoms with Crippen molar-refractivity contribution in [2.24, 2.45) is 5.73 Å². The number of piperidine rings is 1. The largest absolute Gasteiger partial charge is 0.352 e. The normalized spacial score (nSPS) is 15.6. The Balaban J connectivity index is 0.00000261. The van der Waals surface area contributed by atoms with E-state index in [4.69, 9.17) is 5.73 Å². The zero-order valence-corrected chi connectivity index (χ0v) is 16.2. The number of hydrogen-bond acceptors (Lipinski definition) is 3. The van der Waals surface area contributed by atoms with Gasteiger partial charge in [-0.1, -0.05) is 48.0 Å². The average molecular weight is 388 g/mol. The molecule has 1 unspecified atom stereocenters. The molecule has 3 N–H and O–H groups in total. The second-order valence-corrected chi connectivity index (χ2v) is 6.83. The highest BCUT2D eigenvalue weighted by atomic mass is 35.5. The van der Waals surface area contributed by atoms with Crippen LogP contribution in [0.3, 0.4) is 0 Å². The molecular formula is C21H26ClN3O2. The first kappa shape index (κ1) is 20.9. The summed E-state index contributed by atoms with van der Waals surface area (Å²) >= 11 is 0. The summed E-state index contributed by atoms with van der Waals surface area (Å²) in [4.78, 5) is 26.8. The molecule has 0 saturated carbocycles. The number of nitrogens with zero attached hydrogens (tertiary/aromatic N) is 1. The van der Waals surface area contributed by atoms with E-state index >= 15 is 0 Å². The minimum Gasteiger partial charge on any atom is -0.352 e. The minimum absolute atomic E-state index is 0. The van der Waals surface area contributed by atoms with Crippen molar-refractivity contribution in [2.75, 3.05) is 13.1 Å². The van der Waals surface area contributed by atoms with E-state index in [0.29, 0.717) is 18.7 Å². The fraction of sp³-hybridized carbons (Fsp3) is 0.333. The van der Waals surface area contributed by atoms with Gasteiger partial charge in [0.1, 0.15) is 6.04 Å². The number of amides is 2. The Bertz CT molecular complexity index is 757. The molecule has 5 nitrogen and oxygen atoms in total. The van der Waals surface area contributed by atoms with Crippen molar-refractivity contribution < 1.29 is 9.59 Å². The molecule has 0 aliphatic carbocycles. The van der Waals surface area contributed by atoms with E-state index in [9.17, 15) is 9.59 Å². The lowest BCUT2D eigenvalue weighted by molar-refractivity contribution is -0.123. The lowest BCUT2D eigenvalue weighted by Gasteiger charge is -2.33. The SMILES string of the molecule is Cc1ccc(C(=O)N2CCC(NC(=O)C(N)c3ccccc3)CC2)cc1.Cl. The predicted molar refractivity (Wildman–Crippen MR) is 109 cm³/mol. The van der Waals surface area contributed by atoms with E-state index in [1.54, 1.807) is 0 Å². The molecule has 0 radical (unpaired) electrons. The van der Waals surface area contributed by atoms with E-state index < -0.39 is 6.04 Å². The molecule has 1 saturated heterocycles. The fourth-order valence-corrected chi connectivity index (χ4v) is 3.21. The van der Waals surface area contributed by atoms with Crippen molar-refractivity contribution in [3.63, 3.8) is 0 Å². The second kappa shape index (κ2) is 9.53. The molecular weight excluding hydrogens is 362 g/mol. The van der Waals surface area contributed by atoms with Crippen molar-refractivity contribution in [2.45, 2.75) is 31.8 Å². The Hall–Kier alpha value is -2.37. The Labute approximate surface area is 166 Å². The predicted octanol–water partition coefficient (Wildman–Crippen LogP) is 2.84. The molecule has 2 aromatic rings. The lowest BCUT2D eigenvalue weighted by Crippen LogP contribution is -2.48. The number of hydrogen-bond donors (Lipinski definition) is 2. The number of nitrogens with one attached hydrogen (secondary N) is 1. The number of nitrogens with two attached hydrogens (primary N) is 1. The van der Waals surface area contributed by atoms with Crippen LogP contribution in [0.15, 0.2) is 54.6 Å². The third-order valence-corrected chi connectivity index (χ3v) is 4.87. The van der Waals surface area contributed by atoms with E-state index in [1.165, 1.54) is 0 Å². The first-order valence-electron chi connectivity index (χ1n) is 9.01. The number of halogens is 1. The topological polar surface area (TPSA) is 75.4 Å². The molecule has 1 fully saturated rings. The zero-order valence-electron chi connectivity index (χ0n) is 15.4. The smallest absolute Gasteiger partial charge is 0.253 e. The molecule has 1 aliphatic rings. The van der Waals surface area contributed by atoms with Crippen LogP contribution in [0.5, 0.6) is 0 Å². The first-order chi connectivity index (χ1) is 12.5. The van der Waals surface area contributed by atoms with Gasteiger partial charge < -0.3 is 16.0 Å². The Kier molecular flexibility index (Phi) is 7.39. The van der Waals surface area contributed by atoms with Crippen molar-refractivity contribution in [1.29, 1.82) is 0 Å². The molecule has 1 aliphatic heterocycles. The molecule has 1 heterocycles. The van der Waals surface area contributed by atoms with Gasteiger partial charge in [0.15, 0.2) is 0 Å². The van der Waals surface area contributed by atoms with Gasteiger partial charge in [0, 0.05) is 24.7 Å². The van der Waals surface area contributed by atoms with Gasteiger partial charge in [-0.25, -0.2) is 0 Å². The zero-order chi connectivity index (χ0) is 18.5. The molecule has 1 atom stereocenters. The van der Waals surface area contributed by atoms with E-state index in [-0.39, 0.29) is 30.3 Å².